The first kappa shape index (κ1) is 19.5. The first-order valence-electron chi connectivity index (χ1n) is 5.24. The van der Waals surface area contributed by atoms with Gasteiger partial charge in [-0.05, 0) is 6.92 Å². The summed E-state index contributed by atoms with van der Waals surface area (Å²) >= 11 is 0. The van der Waals surface area contributed by atoms with E-state index in [0.29, 0.717) is 0 Å². The van der Waals surface area contributed by atoms with Gasteiger partial charge in [0.2, 0.25) is 0 Å². The van der Waals surface area contributed by atoms with Crippen LogP contribution in [0.5, 0.6) is 0 Å². The Balaban J connectivity index is 0. The summed E-state index contributed by atoms with van der Waals surface area (Å²) in [7, 11) is -3.17. The van der Waals surface area contributed by atoms with Crippen molar-refractivity contribution in [3.05, 3.63) is 60.7 Å². The Kier molecular flexibility index (Phi) is 13.6. The predicted octanol–water partition coefficient (Wildman–Crippen LogP) is 2.79. The van der Waals surface area contributed by atoms with E-state index in [0.717, 1.165) is 6.26 Å². The molecule has 0 saturated heterocycles. The largest absolute Gasteiger partial charge is 0.748 e. The molecule has 5 heteroatoms. The molecule has 0 saturated carbocycles. The average molecular weight is 310 g/mol. The van der Waals surface area contributed by atoms with Gasteiger partial charge in [-0.2, -0.15) is 26.6 Å². The summed E-state index contributed by atoms with van der Waals surface area (Å²) in [5.74, 6) is 0. The molecule has 0 amide bonds. The Labute approximate surface area is 120 Å². The molecule has 0 aliphatic rings. The fraction of sp³-hybridized carbons (Fsp3) is 0.231. The van der Waals surface area contributed by atoms with E-state index in [4.69, 9.17) is 0 Å². The molecule has 2 aromatic carbocycles. The van der Waals surface area contributed by atoms with Crippen LogP contribution < -0.4 is 0 Å². The van der Waals surface area contributed by atoms with Crippen molar-refractivity contribution in [1.82, 2.24) is 0 Å². The van der Waals surface area contributed by atoms with Gasteiger partial charge >= 0.3 is 0 Å². The van der Waals surface area contributed by atoms with Crippen molar-refractivity contribution in [1.29, 1.82) is 0 Å². The van der Waals surface area contributed by atoms with Crippen LogP contribution in [0.3, 0.4) is 0 Å². The summed E-state index contributed by atoms with van der Waals surface area (Å²) in [4.78, 5) is 0. The van der Waals surface area contributed by atoms with E-state index in [-0.39, 0.29) is 23.7 Å². The van der Waals surface area contributed by atoms with E-state index in [1.807, 2.05) is 60.7 Å². The predicted molar refractivity (Wildman–Crippen MR) is 70.5 cm³/mol. The van der Waals surface area contributed by atoms with E-state index in [9.17, 15) is 8.42 Å². The SMILES string of the molecule is CCOS(C)(=O)=O.[Fe].[cH-]1[cH-][cH-][cH-][cH-]1.c1cc[cH-]c1. The average Bonchev–Trinajstić information content (AvgIpc) is 2.96. The van der Waals surface area contributed by atoms with Crippen LogP contribution in [0.25, 0.3) is 0 Å². The maximum atomic E-state index is 10.0. The van der Waals surface area contributed by atoms with Gasteiger partial charge in [-0.3, -0.25) is 4.18 Å². The molecule has 0 atom stereocenters. The molecule has 0 fully saturated rings. The zero-order valence-electron chi connectivity index (χ0n) is 10.5. The zero-order chi connectivity index (χ0) is 13.0. The van der Waals surface area contributed by atoms with Crippen molar-refractivity contribution in [2.45, 2.75) is 6.92 Å². The minimum atomic E-state index is -3.17. The third kappa shape index (κ3) is 17.5. The van der Waals surface area contributed by atoms with E-state index in [2.05, 4.69) is 4.18 Å². The van der Waals surface area contributed by atoms with Gasteiger partial charge in [0.05, 0.1) is 12.9 Å². The second kappa shape index (κ2) is 12.6. The Morgan fingerprint density at radius 1 is 1.00 bits per heavy atom. The molecule has 2 rings (SSSR count). The Bertz CT molecular complexity index is 358. The smallest absolute Gasteiger partial charge is 0.264 e. The second-order valence-corrected chi connectivity index (χ2v) is 4.68. The Morgan fingerprint density at radius 2 is 1.39 bits per heavy atom. The summed E-state index contributed by atoms with van der Waals surface area (Å²) in [6, 6.07) is 20.0. The summed E-state index contributed by atoms with van der Waals surface area (Å²) in [5.41, 5.74) is 0. The molecule has 0 spiro atoms. The number of hydrogen-bond donors (Lipinski definition) is 0. The van der Waals surface area contributed by atoms with Crippen molar-refractivity contribution < 1.29 is 29.7 Å². The van der Waals surface area contributed by atoms with Crippen molar-refractivity contribution in [3.8, 4) is 0 Å². The Morgan fingerprint density at radius 3 is 1.50 bits per heavy atom. The van der Waals surface area contributed by atoms with Gasteiger partial charge in [-0.25, -0.2) is 12.1 Å². The van der Waals surface area contributed by atoms with Gasteiger partial charge in [0, 0.05) is 17.1 Å². The van der Waals surface area contributed by atoms with Crippen LogP contribution in [0.2, 0.25) is 0 Å². The molecule has 0 bridgehead atoms. The molecule has 0 radical (unpaired) electrons. The van der Waals surface area contributed by atoms with E-state index in [1.54, 1.807) is 6.92 Å². The Hall–Kier alpha value is -0.871. The number of hydrogen-bond acceptors (Lipinski definition) is 3. The normalized spacial score (nSPS) is 9.00. The van der Waals surface area contributed by atoms with Crippen LogP contribution in [0.15, 0.2) is 60.7 Å². The summed E-state index contributed by atoms with van der Waals surface area (Å²) < 4.78 is 24.2. The topological polar surface area (TPSA) is 43.4 Å². The molecular weight excluding hydrogens is 292 g/mol. The van der Waals surface area contributed by atoms with Crippen molar-refractivity contribution in [2.24, 2.45) is 0 Å². The van der Waals surface area contributed by atoms with Gasteiger partial charge in [-0.15, -0.1) is 0 Å². The van der Waals surface area contributed by atoms with Gasteiger partial charge in [-0.1, -0.05) is 0 Å². The monoisotopic (exact) mass is 310 g/mol. The molecule has 18 heavy (non-hydrogen) atoms. The van der Waals surface area contributed by atoms with Crippen LogP contribution in [-0.4, -0.2) is 21.3 Å². The van der Waals surface area contributed by atoms with Crippen LogP contribution in [0, 0.1) is 0 Å². The van der Waals surface area contributed by atoms with Gasteiger partial charge in [0.25, 0.3) is 10.1 Å². The third-order valence-corrected chi connectivity index (χ3v) is 2.11. The fourth-order valence-electron chi connectivity index (χ4n) is 0.856. The molecule has 2 aromatic rings. The molecule has 0 N–H and O–H groups in total. The van der Waals surface area contributed by atoms with Crippen LogP contribution in [0.1, 0.15) is 6.92 Å². The molecular formula is C13H18FeO3S-6. The summed E-state index contributed by atoms with van der Waals surface area (Å²) in [6.45, 7) is 1.85. The zero-order valence-corrected chi connectivity index (χ0v) is 12.4. The quantitative estimate of drug-likeness (QED) is 0.487. The maximum absolute atomic E-state index is 10.0. The van der Waals surface area contributed by atoms with Crippen LogP contribution in [0.4, 0.5) is 0 Å². The van der Waals surface area contributed by atoms with Gasteiger partial charge in [0.1, 0.15) is 0 Å². The fourth-order valence-corrected chi connectivity index (χ4v) is 1.28. The van der Waals surface area contributed by atoms with Gasteiger partial charge in [0.15, 0.2) is 0 Å². The first-order chi connectivity index (χ1) is 8.06. The minimum absolute atomic E-state index is 0. The van der Waals surface area contributed by atoms with Crippen molar-refractivity contribution >= 4 is 10.1 Å². The molecule has 0 heterocycles. The first-order valence-corrected chi connectivity index (χ1v) is 7.05. The second-order valence-electron chi connectivity index (χ2n) is 3.04. The molecule has 0 aliphatic carbocycles. The molecule has 0 aliphatic heterocycles. The molecule has 0 unspecified atom stereocenters. The molecule has 0 aromatic heterocycles. The summed E-state index contributed by atoms with van der Waals surface area (Å²) in [6.07, 6.45) is 1.02. The summed E-state index contributed by atoms with van der Waals surface area (Å²) in [5, 5.41) is 0. The molecule has 108 valence electrons. The van der Waals surface area contributed by atoms with Crippen LogP contribution in [-0.2, 0) is 31.4 Å². The van der Waals surface area contributed by atoms with E-state index < -0.39 is 10.1 Å². The third-order valence-electron chi connectivity index (χ3n) is 1.44. The van der Waals surface area contributed by atoms with Crippen LogP contribution >= 0.6 is 0 Å². The minimum Gasteiger partial charge on any atom is -0.748 e. The standard InChI is InChI=1S/2C5H5.C3H8O3S.Fe/c2*1-2-4-5-3-1;1-3-6-7(2,4)5;/h2*1-5H;3H2,1-2H3;/q-5;-1;;. The van der Waals surface area contributed by atoms with Crippen molar-refractivity contribution in [2.75, 3.05) is 12.9 Å². The van der Waals surface area contributed by atoms with Gasteiger partial charge < -0.3 is 30.3 Å². The maximum Gasteiger partial charge on any atom is 0.264 e. The van der Waals surface area contributed by atoms with E-state index in [1.165, 1.54) is 0 Å². The van der Waals surface area contributed by atoms with E-state index >= 15 is 0 Å². The number of rotatable bonds is 2. The molecule has 3 nitrogen and oxygen atoms in total. The van der Waals surface area contributed by atoms with Crippen molar-refractivity contribution in [3.63, 3.8) is 0 Å².